The lowest BCUT2D eigenvalue weighted by atomic mass is 10.0. The fourth-order valence-electron chi connectivity index (χ4n) is 4.29. The number of quaternary nitrogens is 1. The third kappa shape index (κ3) is 26.6. The van der Waals surface area contributed by atoms with Gasteiger partial charge in [-0.15, -0.1) is 0 Å². The SMILES string of the molecule is CCCCCCCCCCCCCCCCCCOCC(O)CC(C[N+](C)(C)C)OP(=O)([O-])O. The normalized spacial score (nSPS) is 15.9. The summed E-state index contributed by atoms with van der Waals surface area (Å²) in [5.74, 6) is 0. The van der Waals surface area contributed by atoms with Gasteiger partial charge in [-0.2, -0.15) is 0 Å². The van der Waals surface area contributed by atoms with E-state index in [1.165, 1.54) is 89.9 Å². The summed E-state index contributed by atoms with van der Waals surface area (Å²) in [6.07, 6.45) is 19.7. The van der Waals surface area contributed by atoms with E-state index in [2.05, 4.69) is 6.92 Å². The molecule has 3 unspecified atom stereocenters. The molecular formula is C26H56NO6P. The first kappa shape index (κ1) is 34.0. The van der Waals surface area contributed by atoms with Gasteiger partial charge in [-0.05, 0) is 6.42 Å². The number of rotatable bonds is 25. The predicted molar refractivity (Wildman–Crippen MR) is 139 cm³/mol. The van der Waals surface area contributed by atoms with Crippen LogP contribution in [0.3, 0.4) is 0 Å². The van der Waals surface area contributed by atoms with Crippen LogP contribution < -0.4 is 4.89 Å². The molecule has 0 heterocycles. The van der Waals surface area contributed by atoms with Crippen LogP contribution >= 0.6 is 7.82 Å². The number of aliphatic hydroxyl groups excluding tert-OH is 1. The predicted octanol–water partition coefficient (Wildman–Crippen LogP) is 5.57. The van der Waals surface area contributed by atoms with Crippen LogP contribution in [-0.4, -0.2) is 67.6 Å². The topological polar surface area (TPSA) is 99.0 Å². The molecule has 0 bridgehead atoms. The van der Waals surface area contributed by atoms with Crippen molar-refractivity contribution in [2.24, 2.45) is 0 Å². The van der Waals surface area contributed by atoms with Crippen LogP contribution in [0.4, 0.5) is 0 Å². The lowest BCUT2D eigenvalue weighted by Crippen LogP contribution is -2.44. The minimum absolute atomic E-state index is 0.0985. The lowest BCUT2D eigenvalue weighted by molar-refractivity contribution is -0.873. The molecule has 0 aromatic heterocycles. The summed E-state index contributed by atoms with van der Waals surface area (Å²) < 4.78 is 21.8. The van der Waals surface area contributed by atoms with Crippen LogP contribution in [0.5, 0.6) is 0 Å². The smallest absolute Gasteiger partial charge is 0.265 e. The first-order chi connectivity index (χ1) is 16.0. The van der Waals surface area contributed by atoms with Gasteiger partial charge in [-0.3, -0.25) is 4.57 Å². The maximum absolute atomic E-state index is 11.1. The van der Waals surface area contributed by atoms with Crippen LogP contribution in [-0.2, 0) is 13.8 Å². The highest BCUT2D eigenvalue weighted by atomic mass is 31.2. The summed E-state index contributed by atoms with van der Waals surface area (Å²) >= 11 is 0. The van der Waals surface area contributed by atoms with E-state index in [0.717, 1.165) is 12.8 Å². The molecule has 0 rings (SSSR count). The zero-order valence-corrected chi connectivity index (χ0v) is 23.6. The van der Waals surface area contributed by atoms with Crippen molar-refractivity contribution in [3.05, 3.63) is 0 Å². The van der Waals surface area contributed by atoms with Crippen molar-refractivity contribution in [2.75, 3.05) is 40.9 Å². The number of aliphatic hydroxyl groups is 1. The van der Waals surface area contributed by atoms with Crippen molar-refractivity contribution in [1.82, 2.24) is 0 Å². The second-order valence-electron chi connectivity index (χ2n) is 10.9. The Hall–Kier alpha value is -0.0100. The number of phosphoric acid groups is 1. The quantitative estimate of drug-likeness (QED) is 0.0949. The molecule has 0 amide bonds. The van der Waals surface area contributed by atoms with Gasteiger partial charge >= 0.3 is 0 Å². The molecule has 0 aromatic rings. The van der Waals surface area contributed by atoms with E-state index in [9.17, 15) is 14.6 Å². The van der Waals surface area contributed by atoms with Crippen LogP contribution in [0.1, 0.15) is 116 Å². The lowest BCUT2D eigenvalue weighted by Gasteiger charge is -2.32. The first-order valence-corrected chi connectivity index (χ1v) is 15.3. The summed E-state index contributed by atoms with van der Waals surface area (Å²) in [6, 6.07) is 0. The van der Waals surface area contributed by atoms with Crippen molar-refractivity contribution in [3.8, 4) is 0 Å². The van der Waals surface area contributed by atoms with Crippen molar-refractivity contribution < 1.29 is 33.2 Å². The number of unbranched alkanes of at least 4 members (excludes halogenated alkanes) is 15. The molecule has 0 saturated carbocycles. The molecule has 0 aromatic carbocycles. The molecular weight excluding hydrogens is 453 g/mol. The van der Waals surface area contributed by atoms with Gasteiger partial charge in [0.2, 0.25) is 0 Å². The van der Waals surface area contributed by atoms with E-state index in [0.29, 0.717) is 17.6 Å². The highest BCUT2D eigenvalue weighted by molar-refractivity contribution is 7.44. The average Bonchev–Trinajstić information content (AvgIpc) is 2.70. The second kappa shape index (κ2) is 21.1. The minimum atomic E-state index is -4.84. The highest BCUT2D eigenvalue weighted by Crippen LogP contribution is 2.34. The molecule has 7 nitrogen and oxygen atoms in total. The van der Waals surface area contributed by atoms with E-state index in [1.54, 1.807) is 0 Å². The summed E-state index contributed by atoms with van der Waals surface area (Å²) in [7, 11) is 0.835. The number of hydrogen-bond donors (Lipinski definition) is 2. The van der Waals surface area contributed by atoms with E-state index in [4.69, 9.17) is 14.2 Å². The maximum Gasteiger partial charge on any atom is 0.265 e. The Labute approximate surface area is 210 Å². The molecule has 0 saturated heterocycles. The third-order valence-corrected chi connectivity index (χ3v) is 6.59. The zero-order chi connectivity index (χ0) is 25.7. The summed E-state index contributed by atoms with van der Waals surface area (Å²) in [5.41, 5.74) is 0. The Morgan fingerprint density at radius 3 is 1.59 bits per heavy atom. The standard InChI is InChI=1S/C26H56NO6P/c1-5-6-7-8-9-10-11-12-13-14-15-16-17-18-19-20-21-32-24-25(28)22-26(23-27(2,3)4)33-34(29,30)31/h25-26,28H,5-24H2,1-4H3,(H-,29,30,31). The Balaban J connectivity index is 3.55. The second-order valence-corrected chi connectivity index (χ2v) is 12.1. The largest absolute Gasteiger partial charge is 0.756 e. The number of hydrogen-bond acceptors (Lipinski definition) is 5. The molecule has 3 atom stereocenters. The Morgan fingerprint density at radius 2 is 1.21 bits per heavy atom. The molecule has 0 radical (unpaired) electrons. The van der Waals surface area contributed by atoms with Gasteiger partial charge in [0.25, 0.3) is 7.82 Å². The summed E-state index contributed by atoms with van der Waals surface area (Å²) in [6.45, 7) is 3.36. The Bertz CT molecular complexity index is 494. The van der Waals surface area contributed by atoms with Crippen LogP contribution in [0.25, 0.3) is 0 Å². The molecule has 206 valence electrons. The monoisotopic (exact) mass is 509 g/mol. The van der Waals surface area contributed by atoms with Crippen molar-refractivity contribution in [3.63, 3.8) is 0 Å². The Morgan fingerprint density at radius 1 is 0.794 bits per heavy atom. The van der Waals surface area contributed by atoms with Crippen molar-refractivity contribution >= 4 is 7.82 Å². The number of ether oxygens (including phenoxy) is 1. The van der Waals surface area contributed by atoms with Gasteiger partial charge in [-0.25, -0.2) is 0 Å². The van der Waals surface area contributed by atoms with Gasteiger partial charge < -0.3 is 28.6 Å². The summed E-state index contributed by atoms with van der Waals surface area (Å²) in [4.78, 5) is 20.1. The van der Waals surface area contributed by atoms with E-state index in [1.807, 2.05) is 21.1 Å². The Kier molecular flexibility index (Phi) is 21.1. The van der Waals surface area contributed by atoms with Gasteiger partial charge in [0.15, 0.2) is 0 Å². The highest BCUT2D eigenvalue weighted by Gasteiger charge is 2.25. The van der Waals surface area contributed by atoms with E-state index in [-0.39, 0.29) is 13.0 Å². The molecule has 2 N–H and O–H groups in total. The van der Waals surface area contributed by atoms with E-state index < -0.39 is 20.0 Å². The van der Waals surface area contributed by atoms with Crippen LogP contribution in [0.2, 0.25) is 0 Å². The van der Waals surface area contributed by atoms with Gasteiger partial charge in [0.1, 0.15) is 12.6 Å². The maximum atomic E-state index is 11.1. The fraction of sp³-hybridized carbons (Fsp3) is 1.00. The van der Waals surface area contributed by atoms with Gasteiger partial charge in [0.05, 0.1) is 33.9 Å². The summed E-state index contributed by atoms with van der Waals surface area (Å²) in [5, 5.41) is 10.2. The van der Waals surface area contributed by atoms with E-state index >= 15 is 0 Å². The van der Waals surface area contributed by atoms with Crippen LogP contribution in [0, 0.1) is 0 Å². The number of nitrogens with zero attached hydrogens (tertiary/aromatic N) is 1. The molecule has 0 spiro atoms. The molecule has 34 heavy (non-hydrogen) atoms. The van der Waals surface area contributed by atoms with Crippen molar-refractivity contribution in [1.29, 1.82) is 0 Å². The molecule has 8 heteroatoms. The molecule has 0 aliphatic carbocycles. The average molecular weight is 510 g/mol. The number of phosphoric ester groups is 1. The third-order valence-electron chi connectivity index (χ3n) is 6.02. The zero-order valence-electron chi connectivity index (χ0n) is 22.7. The van der Waals surface area contributed by atoms with Crippen LogP contribution in [0.15, 0.2) is 0 Å². The molecule has 0 fully saturated rings. The fourth-order valence-corrected chi connectivity index (χ4v) is 4.82. The first-order valence-electron chi connectivity index (χ1n) is 13.8. The molecule has 0 aliphatic rings. The van der Waals surface area contributed by atoms with Crippen molar-refractivity contribution in [2.45, 2.75) is 128 Å². The minimum Gasteiger partial charge on any atom is -0.756 e. The molecule has 0 aliphatic heterocycles. The van der Waals surface area contributed by atoms with Gasteiger partial charge in [-0.1, -0.05) is 103 Å². The number of likely N-dealkylation sites (N-methyl/N-ethyl adjacent to an activating group) is 1. The van der Waals surface area contributed by atoms with Gasteiger partial charge in [0, 0.05) is 13.0 Å².